The van der Waals surface area contributed by atoms with E-state index < -0.39 is 0 Å². The number of ether oxygens (including phenoxy) is 2. The lowest BCUT2D eigenvalue weighted by Gasteiger charge is -2.30. The predicted octanol–water partition coefficient (Wildman–Crippen LogP) is -1.05. The van der Waals surface area contributed by atoms with Crippen molar-refractivity contribution < 1.29 is 14.6 Å². The molecular weight excluding hydrogens is 288 g/mol. The third kappa shape index (κ3) is 3.73. The molecule has 0 bridgehead atoms. The summed E-state index contributed by atoms with van der Waals surface area (Å²) in [6.45, 7) is 6.24. The number of rotatable bonds is 5. The molecule has 122 valence electrons. The van der Waals surface area contributed by atoms with Crippen molar-refractivity contribution in [2.45, 2.75) is 0 Å². The molecule has 0 amide bonds. The third-order valence-corrected chi connectivity index (χ3v) is 3.59. The molecule has 3 rings (SSSR count). The summed E-state index contributed by atoms with van der Waals surface area (Å²) in [7, 11) is 0. The van der Waals surface area contributed by atoms with Gasteiger partial charge in [0.15, 0.2) is 0 Å². The van der Waals surface area contributed by atoms with Crippen molar-refractivity contribution in [1.82, 2.24) is 15.0 Å². The zero-order valence-electron chi connectivity index (χ0n) is 12.6. The number of nitrogens with zero attached hydrogens (tertiary/aromatic N) is 5. The first-order chi connectivity index (χ1) is 10.9. The highest BCUT2D eigenvalue weighted by atomic mass is 16.5. The second kappa shape index (κ2) is 7.52. The van der Waals surface area contributed by atoms with E-state index in [1.165, 1.54) is 0 Å². The molecule has 2 N–H and O–H groups in total. The van der Waals surface area contributed by atoms with Crippen LogP contribution in [-0.2, 0) is 9.47 Å². The number of nitrogens with one attached hydrogen (secondary N) is 1. The minimum atomic E-state index is 0.0332. The quantitative estimate of drug-likeness (QED) is 0.706. The molecule has 0 aromatic carbocycles. The van der Waals surface area contributed by atoms with Gasteiger partial charge in [-0.3, -0.25) is 0 Å². The van der Waals surface area contributed by atoms with E-state index in [1.807, 2.05) is 0 Å². The number of hydrogen-bond acceptors (Lipinski definition) is 9. The Morgan fingerprint density at radius 2 is 1.36 bits per heavy atom. The summed E-state index contributed by atoms with van der Waals surface area (Å²) < 4.78 is 10.7. The molecule has 2 aliphatic heterocycles. The SMILES string of the molecule is OCCNc1nc(N2CCOCC2)nc(N2CCOCC2)n1. The van der Waals surface area contributed by atoms with Crippen LogP contribution in [0.5, 0.6) is 0 Å². The Hall–Kier alpha value is -1.71. The molecule has 2 fully saturated rings. The van der Waals surface area contributed by atoms with E-state index in [1.54, 1.807) is 0 Å². The molecule has 9 heteroatoms. The van der Waals surface area contributed by atoms with Gasteiger partial charge in [0.2, 0.25) is 17.8 Å². The van der Waals surface area contributed by atoms with Crippen LogP contribution in [0.25, 0.3) is 0 Å². The van der Waals surface area contributed by atoms with Crippen LogP contribution in [0.1, 0.15) is 0 Å². The fraction of sp³-hybridized carbons (Fsp3) is 0.769. The van der Waals surface area contributed by atoms with Gasteiger partial charge >= 0.3 is 0 Å². The first kappa shape index (κ1) is 15.2. The first-order valence-electron chi connectivity index (χ1n) is 7.63. The maximum atomic E-state index is 8.98. The first-order valence-corrected chi connectivity index (χ1v) is 7.63. The van der Waals surface area contributed by atoms with Crippen molar-refractivity contribution in [2.24, 2.45) is 0 Å². The van der Waals surface area contributed by atoms with E-state index in [9.17, 15) is 0 Å². The zero-order chi connectivity index (χ0) is 15.2. The molecule has 22 heavy (non-hydrogen) atoms. The maximum absolute atomic E-state index is 8.98. The number of morpholine rings is 2. The van der Waals surface area contributed by atoms with Crippen LogP contribution in [0.2, 0.25) is 0 Å². The average Bonchev–Trinajstić information content (AvgIpc) is 2.61. The summed E-state index contributed by atoms with van der Waals surface area (Å²) in [6, 6.07) is 0. The van der Waals surface area contributed by atoms with Gasteiger partial charge in [-0.05, 0) is 0 Å². The highest BCUT2D eigenvalue weighted by Gasteiger charge is 2.20. The van der Waals surface area contributed by atoms with Gasteiger partial charge in [-0.1, -0.05) is 0 Å². The minimum Gasteiger partial charge on any atom is -0.395 e. The second-order valence-electron chi connectivity index (χ2n) is 5.11. The summed E-state index contributed by atoms with van der Waals surface area (Å²) in [5, 5.41) is 12.0. The maximum Gasteiger partial charge on any atom is 0.232 e. The van der Waals surface area contributed by atoms with Gasteiger partial charge in [0.25, 0.3) is 0 Å². The van der Waals surface area contributed by atoms with Crippen LogP contribution < -0.4 is 15.1 Å². The Kier molecular flexibility index (Phi) is 5.20. The average molecular weight is 310 g/mol. The van der Waals surface area contributed by atoms with E-state index in [0.29, 0.717) is 50.8 Å². The summed E-state index contributed by atoms with van der Waals surface area (Å²) in [4.78, 5) is 17.7. The Labute approximate surface area is 129 Å². The van der Waals surface area contributed by atoms with E-state index in [0.717, 1.165) is 26.2 Å². The molecule has 0 unspecified atom stereocenters. The summed E-state index contributed by atoms with van der Waals surface area (Å²) >= 11 is 0. The van der Waals surface area contributed by atoms with Crippen molar-refractivity contribution in [3.8, 4) is 0 Å². The van der Waals surface area contributed by atoms with Crippen LogP contribution in [0.3, 0.4) is 0 Å². The van der Waals surface area contributed by atoms with Gasteiger partial charge in [0.05, 0.1) is 33.0 Å². The number of aromatic nitrogens is 3. The predicted molar refractivity (Wildman–Crippen MR) is 81.5 cm³/mol. The fourth-order valence-electron chi connectivity index (χ4n) is 2.41. The molecule has 9 nitrogen and oxygen atoms in total. The van der Waals surface area contributed by atoms with Gasteiger partial charge in [-0.15, -0.1) is 0 Å². The van der Waals surface area contributed by atoms with Gasteiger partial charge in [-0.2, -0.15) is 15.0 Å². The fourth-order valence-corrected chi connectivity index (χ4v) is 2.41. The standard InChI is InChI=1S/C13H22N6O3/c20-6-1-14-11-15-12(18-2-7-21-8-3-18)17-13(16-11)19-4-9-22-10-5-19/h20H,1-10H2,(H,14,15,16,17). The molecule has 2 saturated heterocycles. The second-order valence-corrected chi connectivity index (χ2v) is 5.11. The number of aliphatic hydroxyl groups is 1. The summed E-state index contributed by atoms with van der Waals surface area (Å²) in [5.74, 6) is 1.80. The number of anilines is 3. The van der Waals surface area contributed by atoms with Crippen molar-refractivity contribution >= 4 is 17.8 Å². The molecule has 0 aliphatic carbocycles. The van der Waals surface area contributed by atoms with E-state index in [-0.39, 0.29) is 6.61 Å². The van der Waals surface area contributed by atoms with Crippen molar-refractivity contribution in [3.63, 3.8) is 0 Å². The van der Waals surface area contributed by atoms with Crippen LogP contribution >= 0.6 is 0 Å². The topological polar surface area (TPSA) is 95.9 Å². The molecule has 2 aliphatic rings. The van der Waals surface area contributed by atoms with E-state index in [4.69, 9.17) is 14.6 Å². The Morgan fingerprint density at radius 3 is 1.82 bits per heavy atom. The Balaban J connectivity index is 1.83. The lowest BCUT2D eigenvalue weighted by molar-refractivity contribution is 0.121. The Morgan fingerprint density at radius 1 is 0.864 bits per heavy atom. The van der Waals surface area contributed by atoms with E-state index in [2.05, 4.69) is 30.1 Å². The monoisotopic (exact) mass is 310 g/mol. The van der Waals surface area contributed by atoms with Crippen molar-refractivity contribution in [3.05, 3.63) is 0 Å². The van der Waals surface area contributed by atoms with Crippen LogP contribution in [-0.4, -0.2) is 85.8 Å². The molecule has 1 aromatic heterocycles. The van der Waals surface area contributed by atoms with Crippen molar-refractivity contribution in [2.75, 3.05) is 80.9 Å². The van der Waals surface area contributed by atoms with Gasteiger partial charge in [-0.25, -0.2) is 0 Å². The highest BCUT2D eigenvalue weighted by molar-refractivity contribution is 5.45. The van der Waals surface area contributed by atoms with Crippen molar-refractivity contribution in [1.29, 1.82) is 0 Å². The van der Waals surface area contributed by atoms with Gasteiger partial charge in [0, 0.05) is 32.7 Å². The molecule has 1 aromatic rings. The smallest absolute Gasteiger partial charge is 0.232 e. The minimum absolute atomic E-state index is 0.0332. The number of hydrogen-bond donors (Lipinski definition) is 2. The summed E-state index contributed by atoms with van der Waals surface area (Å²) in [5.41, 5.74) is 0. The lowest BCUT2D eigenvalue weighted by Crippen LogP contribution is -2.40. The number of aliphatic hydroxyl groups excluding tert-OH is 1. The largest absolute Gasteiger partial charge is 0.395 e. The zero-order valence-corrected chi connectivity index (χ0v) is 12.6. The van der Waals surface area contributed by atoms with Gasteiger partial charge < -0.3 is 29.7 Å². The van der Waals surface area contributed by atoms with Crippen LogP contribution in [0, 0.1) is 0 Å². The normalized spacial score (nSPS) is 19.3. The third-order valence-electron chi connectivity index (χ3n) is 3.59. The Bertz CT molecular complexity index is 441. The molecule has 3 heterocycles. The highest BCUT2D eigenvalue weighted by Crippen LogP contribution is 2.18. The molecule has 0 spiro atoms. The molecular formula is C13H22N6O3. The van der Waals surface area contributed by atoms with Crippen LogP contribution in [0.15, 0.2) is 0 Å². The molecule has 0 atom stereocenters. The molecule has 0 radical (unpaired) electrons. The lowest BCUT2D eigenvalue weighted by atomic mass is 10.4. The van der Waals surface area contributed by atoms with Gasteiger partial charge in [0.1, 0.15) is 0 Å². The van der Waals surface area contributed by atoms with E-state index >= 15 is 0 Å². The van der Waals surface area contributed by atoms with Crippen LogP contribution in [0.4, 0.5) is 17.8 Å². The summed E-state index contributed by atoms with van der Waals surface area (Å²) in [6.07, 6.45) is 0. The molecule has 0 saturated carbocycles.